The monoisotopic (exact) mass is 396 g/mol. The van der Waals surface area contributed by atoms with Crippen LogP contribution in [0.1, 0.15) is 29.8 Å². The number of aliphatic imine (C=N–C) groups is 1. The largest absolute Gasteiger partial charge is 0.370 e. The summed E-state index contributed by atoms with van der Waals surface area (Å²) in [7, 11) is 0. The fourth-order valence-electron chi connectivity index (χ4n) is 2.88. The van der Waals surface area contributed by atoms with Gasteiger partial charge in [-0.05, 0) is 50.6 Å². The number of aromatic nitrogens is 1. The fraction of sp³-hybridized carbons (Fsp3) is 0.409. The number of aryl methyl sites for hydroxylation is 1. The maximum absolute atomic E-state index is 12.0. The van der Waals surface area contributed by atoms with Crippen LogP contribution in [0.15, 0.2) is 53.8 Å². The molecule has 1 heterocycles. The number of nitrogens with one attached hydrogen (secondary N) is 3. The minimum Gasteiger partial charge on any atom is -0.370 e. The van der Waals surface area contributed by atoms with Crippen LogP contribution in [0.2, 0.25) is 0 Å². The molecule has 0 saturated carbocycles. The van der Waals surface area contributed by atoms with Gasteiger partial charge in [0.05, 0.1) is 12.1 Å². The van der Waals surface area contributed by atoms with Crippen LogP contribution in [-0.4, -0.2) is 56.1 Å². The lowest BCUT2D eigenvalue weighted by Gasteiger charge is -2.24. The number of carbonyl (C=O) groups excluding carboxylic acids is 1. The Hall–Kier alpha value is -3.09. The van der Waals surface area contributed by atoms with Gasteiger partial charge in [-0.2, -0.15) is 0 Å². The molecule has 0 aliphatic carbocycles. The van der Waals surface area contributed by atoms with Crippen LogP contribution in [0.5, 0.6) is 0 Å². The lowest BCUT2D eigenvalue weighted by atomic mass is 10.2. The van der Waals surface area contributed by atoms with Crippen molar-refractivity contribution in [1.82, 2.24) is 20.9 Å². The Morgan fingerprint density at radius 2 is 1.97 bits per heavy atom. The zero-order valence-corrected chi connectivity index (χ0v) is 17.6. The van der Waals surface area contributed by atoms with Crippen molar-refractivity contribution in [2.24, 2.45) is 4.99 Å². The third kappa shape index (κ3) is 7.81. The molecule has 0 aliphatic rings. The van der Waals surface area contributed by atoms with E-state index in [1.54, 1.807) is 24.5 Å². The molecule has 7 heteroatoms. The van der Waals surface area contributed by atoms with E-state index >= 15 is 0 Å². The van der Waals surface area contributed by atoms with Crippen LogP contribution in [-0.2, 0) is 0 Å². The number of anilines is 1. The molecule has 2 aromatic rings. The first-order chi connectivity index (χ1) is 14.1. The van der Waals surface area contributed by atoms with Gasteiger partial charge in [-0.25, -0.2) is 0 Å². The average molecular weight is 397 g/mol. The van der Waals surface area contributed by atoms with Crippen LogP contribution in [0.3, 0.4) is 0 Å². The van der Waals surface area contributed by atoms with Gasteiger partial charge in [-0.3, -0.25) is 14.8 Å². The molecule has 0 radical (unpaired) electrons. The van der Waals surface area contributed by atoms with E-state index in [4.69, 9.17) is 0 Å². The van der Waals surface area contributed by atoms with Gasteiger partial charge in [0, 0.05) is 50.8 Å². The summed E-state index contributed by atoms with van der Waals surface area (Å²) in [6.45, 7) is 10.6. The van der Waals surface area contributed by atoms with Gasteiger partial charge in [0.15, 0.2) is 5.96 Å². The first kappa shape index (κ1) is 22.2. The second-order valence-corrected chi connectivity index (χ2v) is 6.60. The molecule has 29 heavy (non-hydrogen) atoms. The number of hydrogen-bond donors (Lipinski definition) is 3. The van der Waals surface area contributed by atoms with E-state index in [1.807, 2.05) is 6.92 Å². The Balaban J connectivity index is 1.78. The van der Waals surface area contributed by atoms with Gasteiger partial charge >= 0.3 is 0 Å². The van der Waals surface area contributed by atoms with Crippen molar-refractivity contribution in [3.8, 4) is 0 Å². The van der Waals surface area contributed by atoms with Crippen molar-refractivity contribution in [3.63, 3.8) is 0 Å². The molecular formula is C22H32N6O. The molecule has 0 saturated heterocycles. The summed E-state index contributed by atoms with van der Waals surface area (Å²) in [5.41, 5.74) is 3.05. The van der Waals surface area contributed by atoms with Crippen molar-refractivity contribution < 1.29 is 4.79 Å². The second kappa shape index (κ2) is 12.4. The van der Waals surface area contributed by atoms with Crippen molar-refractivity contribution in [3.05, 3.63) is 59.9 Å². The summed E-state index contributed by atoms with van der Waals surface area (Å²) in [4.78, 5) is 22.8. The first-order valence-corrected chi connectivity index (χ1v) is 10.2. The van der Waals surface area contributed by atoms with Gasteiger partial charge in [-0.15, -0.1) is 0 Å². The molecule has 0 aliphatic heterocycles. The molecule has 0 unspecified atom stereocenters. The van der Waals surface area contributed by atoms with E-state index in [0.29, 0.717) is 18.7 Å². The summed E-state index contributed by atoms with van der Waals surface area (Å²) >= 11 is 0. The van der Waals surface area contributed by atoms with Gasteiger partial charge < -0.3 is 20.9 Å². The molecule has 0 fully saturated rings. The predicted molar refractivity (Wildman–Crippen MR) is 120 cm³/mol. The van der Waals surface area contributed by atoms with E-state index in [2.05, 4.69) is 68.9 Å². The molecule has 3 N–H and O–H groups in total. The van der Waals surface area contributed by atoms with E-state index in [0.717, 1.165) is 32.1 Å². The molecule has 1 amide bonds. The van der Waals surface area contributed by atoms with E-state index in [-0.39, 0.29) is 5.91 Å². The zero-order chi connectivity index (χ0) is 20.9. The van der Waals surface area contributed by atoms with Crippen molar-refractivity contribution in [2.45, 2.75) is 20.8 Å². The third-order valence-electron chi connectivity index (χ3n) is 4.36. The number of rotatable bonds is 10. The number of hydrogen-bond acceptors (Lipinski definition) is 4. The number of nitrogens with zero attached hydrogens (tertiary/aromatic N) is 3. The lowest BCUT2D eigenvalue weighted by Crippen LogP contribution is -2.42. The van der Waals surface area contributed by atoms with Crippen LogP contribution in [0, 0.1) is 6.92 Å². The van der Waals surface area contributed by atoms with E-state index in [1.165, 1.54) is 11.3 Å². The zero-order valence-electron chi connectivity index (χ0n) is 17.6. The molecule has 1 aromatic carbocycles. The topological polar surface area (TPSA) is 81.6 Å². The lowest BCUT2D eigenvalue weighted by molar-refractivity contribution is 0.0954. The van der Waals surface area contributed by atoms with Crippen molar-refractivity contribution in [1.29, 1.82) is 0 Å². The molecule has 0 bridgehead atoms. The minimum absolute atomic E-state index is 0.136. The van der Waals surface area contributed by atoms with Gasteiger partial charge in [0.25, 0.3) is 5.91 Å². The molecule has 0 atom stereocenters. The van der Waals surface area contributed by atoms with E-state index < -0.39 is 0 Å². The highest BCUT2D eigenvalue weighted by Crippen LogP contribution is 2.14. The number of pyridine rings is 1. The van der Waals surface area contributed by atoms with Crippen LogP contribution >= 0.6 is 0 Å². The fourth-order valence-corrected chi connectivity index (χ4v) is 2.88. The number of likely N-dealkylation sites (N-methyl/N-ethyl adjacent to an activating group) is 1. The van der Waals surface area contributed by atoms with Gasteiger partial charge in [0.1, 0.15) is 0 Å². The summed E-state index contributed by atoms with van der Waals surface area (Å²) in [5.74, 6) is 0.617. The Labute approximate surface area is 173 Å². The highest BCUT2D eigenvalue weighted by molar-refractivity contribution is 5.93. The van der Waals surface area contributed by atoms with Crippen LogP contribution in [0.4, 0.5) is 5.69 Å². The normalized spacial score (nSPS) is 11.1. The van der Waals surface area contributed by atoms with Crippen molar-refractivity contribution in [2.75, 3.05) is 44.2 Å². The molecule has 7 nitrogen and oxygen atoms in total. The minimum atomic E-state index is -0.136. The Morgan fingerprint density at radius 1 is 1.10 bits per heavy atom. The summed E-state index contributed by atoms with van der Waals surface area (Å²) in [6, 6.07) is 12.0. The summed E-state index contributed by atoms with van der Waals surface area (Å²) in [5, 5.41) is 9.46. The average Bonchev–Trinajstić information content (AvgIpc) is 2.74. The first-order valence-electron chi connectivity index (χ1n) is 10.2. The van der Waals surface area contributed by atoms with E-state index in [9.17, 15) is 4.79 Å². The molecule has 156 valence electrons. The Morgan fingerprint density at radius 3 is 2.66 bits per heavy atom. The Kier molecular flexibility index (Phi) is 9.48. The highest BCUT2D eigenvalue weighted by Gasteiger charge is 2.06. The van der Waals surface area contributed by atoms with Gasteiger partial charge in [-0.1, -0.05) is 12.1 Å². The number of carbonyl (C=O) groups is 1. The Bertz CT molecular complexity index is 778. The van der Waals surface area contributed by atoms with Crippen LogP contribution < -0.4 is 20.9 Å². The molecule has 0 spiro atoms. The summed E-state index contributed by atoms with van der Waals surface area (Å²) < 4.78 is 0. The number of amides is 1. The molecule has 2 rings (SSSR count). The maximum atomic E-state index is 12.0. The smallest absolute Gasteiger partial charge is 0.252 e. The molecular weight excluding hydrogens is 364 g/mol. The predicted octanol–water partition coefficient (Wildman–Crippen LogP) is 2.20. The van der Waals surface area contributed by atoms with Crippen molar-refractivity contribution >= 4 is 17.6 Å². The second-order valence-electron chi connectivity index (χ2n) is 6.60. The SMILES string of the molecule is CCNC(=NCCNC(=O)c1cccnc1)NCCN(CC)c1cccc(C)c1. The molecule has 1 aromatic heterocycles. The van der Waals surface area contributed by atoms with Crippen LogP contribution in [0.25, 0.3) is 0 Å². The highest BCUT2D eigenvalue weighted by atomic mass is 16.1. The number of guanidine groups is 1. The third-order valence-corrected chi connectivity index (χ3v) is 4.36. The maximum Gasteiger partial charge on any atom is 0.252 e. The number of benzene rings is 1. The summed E-state index contributed by atoms with van der Waals surface area (Å²) in [6.07, 6.45) is 3.20. The standard InChI is InChI=1S/C22H32N6O/c1-4-24-22(26-13-12-25-21(29)19-9-7-11-23-17-19)27-14-15-28(5-2)20-10-6-8-18(3)16-20/h6-11,16-17H,4-5,12-15H2,1-3H3,(H,25,29)(H2,24,26,27). The van der Waals surface area contributed by atoms with Gasteiger partial charge in [0.2, 0.25) is 0 Å². The quantitative estimate of drug-likeness (QED) is 0.326.